The molecule has 3 N–H and O–H groups in total. The van der Waals surface area contributed by atoms with Crippen LogP contribution >= 0.6 is 11.6 Å². The molecule has 6 nitrogen and oxygen atoms in total. The number of benzene rings is 1. The number of hydrogen-bond acceptors (Lipinski definition) is 5. The van der Waals surface area contributed by atoms with Crippen molar-refractivity contribution >= 4 is 35.6 Å². The normalized spacial score (nSPS) is 26.1. The molecular weight excluding hydrogens is 344 g/mol. The van der Waals surface area contributed by atoms with E-state index in [1.807, 2.05) is 6.07 Å². The number of carbonyl (C=O) groups is 1. The number of nitrogens with one attached hydrogen (secondary N) is 1. The molecule has 1 aromatic carbocycles. The molecule has 2 saturated heterocycles. The van der Waals surface area contributed by atoms with Gasteiger partial charge in [0.25, 0.3) is 0 Å². The minimum absolute atomic E-state index is 0.0463. The number of halogens is 1. The molecule has 2 bridgehead atoms. The molecule has 3 heterocycles. The van der Waals surface area contributed by atoms with Crippen molar-refractivity contribution in [1.29, 1.82) is 0 Å². The van der Waals surface area contributed by atoms with Gasteiger partial charge in [-0.3, -0.25) is 4.79 Å². The van der Waals surface area contributed by atoms with Crippen molar-refractivity contribution in [3.8, 4) is 0 Å². The van der Waals surface area contributed by atoms with Gasteiger partial charge in [0.2, 0.25) is 5.91 Å². The average molecular weight is 364 g/mol. The number of carbonyl (C=O) groups excluding carboxylic acids is 1. The molecule has 0 saturated carbocycles. The van der Waals surface area contributed by atoms with Gasteiger partial charge >= 0.3 is 7.12 Å². The number of hydrogen-bond donors (Lipinski definition) is 3. The first kappa shape index (κ1) is 16.9. The van der Waals surface area contributed by atoms with E-state index in [4.69, 9.17) is 20.8 Å². The number of ether oxygens (including phenoxy) is 1. The summed E-state index contributed by atoms with van der Waals surface area (Å²) in [5.74, 6) is -1.22. The zero-order valence-corrected chi connectivity index (χ0v) is 14.3. The van der Waals surface area contributed by atoms with Crippen molar-refractivity contribution in [3.63, 3.8) is 0 Å². The SMILES string of the molecule is O=C(N[C@@H](Cc1coc2c(Cl)cccc12)B(O)O)[C@H]1C[C@@H]2CC[C@H]1O2. The van der Waals surface area contributed by atoms with Crippen LogP contribution in [0.2, 0.25) is 5.02 Å². The van der Waals surface area contributed by atoms with Crippen LogP contribution in [0.4, 0.5) is 0 Å². The molecule has 4 atom stereocenters. The third-order valence-electron chi connectivity index (χ3n) is 5.20. The summed E-state index contributed by atoms with van der Waals surface area (Å²) in [5, 5.41) is 23.5. The molecule has 0 unspecified atom stereocenters. The third kappa shape index (κ3) is 3.17. The lowest BCUT2D eigenvalue weighted by Gasteiger charge is -2.23. The molecular formula is C17H19BClNO5. The Morgan fingerprint density at radius 3 is 2.92 bits per heavy atom. The minimum atomic E-state index is -1.67. The molecule has 1 aromatic heterocycles. The van der Waals surface area contributed by atoms with Gasteiger partial charge < -0.3 is 24.5 Å². The van der Waals surface area contributed by atoms with Crippen LogP contribution in [0.25, 0.3) is 11.0 Å². The van der Waals surface area contributed by atoms with Gasteiger partial charge in [0.1, 0.15) is 0 Å². The largest absolute Gasteiger partial charge is 0.475 e. The summed E-state index contributed by atoms with van der Waals surface area (Å²) in [5.41, 5.74) is 1.32. The first-order valence-electron chi connectivity index (χ1n) is 8.49. The number of amides is 1. The summed E-state index contributed by atoms with van der Waals surface area (Å²) < 4.78 is 11.2. The van der Waals surface area contributed by atoms with Crippen molar-refractivity contribution in [2.24, 2.45) is 5.92 Å². The smallest absolute Gasteiger partial charge is 0.462 e. The van der Waals surface area contributed by atoms with E-state index in [0.717, 1.165) is 23.8 Å². The summed E-state index contributed by atoms with van der Waals surface area (Å²) in [7, 11) is -1.67. The zero-order chi connectivity index (χ0) is 17.6. The van der Waals surface area contributed by atoms with Gasteiger partial charge in [-0.1, -0.05) is 23.7 Å². The van der Waals surface area contributed by atoms with E-state index in [-0.39, 0.29) is 30.5 Å². The molecule has 25 heavy (non-hydrogen) atoms. The maximum atomic E-state index is 12.5. The van der Waals surface area contributed by atoms with Crippen LogP contribution in [0.15, 0.2) is 28.9 Å². The molecule has 2 fully saturated rings. The van der Waals surface area contributed by atoms with E-state index in [0.29, 0.717) is 17.0 Å². The summed E-state index contributed by atoms with van der Waals surface area (Å²) in [6, 6.07) is 5.39. The molecule has 2 aromatic rings. The van der Waals surface area contributed by atoms with Crippen LogP contribution < -0.4 is 5.32 Å². The lowest BCUT2D eigenvalue weighted by molar-refractivity contribution is -0.126. The van der Waals surface area contributed by atoms with Crippen molar-refractivity contribution in [1.82, 2.24) is 5.32 Å². The number of furan rings is 1. The van der Waals surface area contributed by atoms with E-state index >= 15 is 0 Å². The topological polar surface area (TPSA) is 91.9 Å². The van der Waals surface area contributed by atoms with E-state index < -0.39 is 13.1 Å². The van der Waals surface area contributed by atoms with Crippen molar-refractivity contribution in [3.05, 3.63) is 35.0 Å². The van der Waals surface area contributed by atoms with E-state index in [1.54, 1.807) is 18.4 Å². The van der Waals surface area contributed by atoms with E-state index in [9.17, 15) is 14.8 Å². The van der Waals surface area contributed by atoms with Gasteiger partial charge in [-0.05, 0) is 37.3 Å². The highest BCUT2D eigenvalue weighted by atomic mass is 35.5. The standard InChI is InChI=1S/C17H19BClNO5/c19-13-3-1-2-11-9(8-24-16(11)13)6-15(18(22)23)20-17(21)12-7-10-4-5-14(12)25-10/h1-3,8,10,12,14-15,22-23H,4-7H2,(H,20,21)/t10-,12-,14+,15-/m0/s1. The van der Waals surface area contributed by atoms with Crippen LogP contribution in [-0.4, -0.2) is 41.2 Å². The van der Waals surface area contributed by atoms with Gasteiger partial charge in [0.15, 0.2) is 5.58 Å². The summed E-state index contributed by atoms with van der Waals surface area (Å²) in [4.78, 5) is 12.5. The van der Waals surface area contributed by atoms with Crippen molar-refractivity contribution in [2.75, 3.05) is 0 Å². The molecule has 2 aliphatic heterocycles. The molecule has 1 amide bonds. The van der Waals surface area contributed by atoms with Crippen molar-refractivity contribution in [2.45, 2.75) is 43.8 Å². The highest BCUT2D eigenvalue weighted by Crippen LogP contribution is 2.39. The fourth-order valence-electron chi connectivity index (χ4n) is 3.90. The quantitative estimate of drug-likeness (QED) is 0.703. The van der Waals surface area contributed by atoms with Crippen LogP contribution in [0.5, 0.6) is 0 Å². The fourth-order valence-corrected chi connectivity index (χ4v) is 4.12. The predicted molar refractivity (Wildman–Crippen MR) is 93.1 cm³/mol. The Bertz CT molecular complexity index is 794. The summed E-state index contributed by atoms with van der Waals surface area (Å²) >= 11 is 6.10. The lowest BCUT2D eigenvalue weighted by atomic mass is 9.75. The molecule has 0 aliphatic carbocycles. The Hall–Kier alpha value is -1.54. The van der Waals surface area contributed by atoms with Gasteiger partial charge in [-0.25, -0.2) is 0 Å². The predicted octanol–water partition coefficient (Wildman–Crippen LogP) is 1.69. The minimum Gasteiger partial charge on any atom is -0.462 e. The Labute approximate surface area is 150 Å². The molecule has 0 radical (unpaired) electrons. The monoisotopic (exact) mass is 363 g/mol. The van der Waals surface area contributed by atoms with Crippen LogP contribution in [0.1, 0.15) is 24.8 Å². The van der Waals surface area contributed by atoms with Crippen LogP contribution in [0, 0.1) is 5.92 Å². The molecule has 132 valence electrons. The van der Waals surface area contributed by atoms with Crippen molar-refractivity contribution < 1.29 is 24.0 Å². The maximum absolute atomic E-state index is 12.5. The van der Waals surface area contributed by atoms with Crippen LogP contribution in [0.3, 0.4) is 0 Å². The Morgan fingerprint density at radius 2 is 2.24 bits per heavy atom. The average Bonchev–Trinajstić information content (AvgIpc) is 3.30. The zero-order valence-electron chi connectivity index (χ0n) is 13.5. The first-order valence-corrected chi connectivity index (χ1v) is 8.87. The Kier molecular flexibility index (Phi) is 4.49. The number of fused-ring (bicyclic) bond motifs is 3. The van der Waals surface area contributed by atoms with Gasteiger partial charge in [-0.2, -0.15) is 0 Å². The van der Waals surface area contributed by atoms with Crippen LogP contribution in [-0.2, 0) is 16.0 Å². The Morgan fingerprint density at radius 1 is 1.40 bits per heavy atom. The highest BCUT2D eigenvalue weighted by molar-refractivity contribution is 6.43. The van der Waals surface area contributed by atoms with Gasteiger partial charge in [0.05, 0.1) is 35.4 Å². The lowest BCUT2D eigenvalue weighted by Crippen LogP contribution is -2.50. The molecule has 4 rings (SSSR count). The Balaban J connectivity index is 1.49. The first-order chi connectivity index (χ1) is 12.0. The van der Waals surface area contributed by atoms with Gasteiger partial charge in [0, 0.05) is 5.39 Å². The fraction of sp³-hybridized carbons (Fsp3) is 0.471. The third-order valence-corrected chi connectivity index (χ3v) is 5.50. The second-order valence-corrected chi connectivity index (χ2v) is 7.23. The highest BCUT2D eigenvalue weighted by Gasteiger charge is 2.45. The van der Waals surface area contributed by atoms with Gasteiger partial charge in [-0.15, -0.1) is 0 Å². The maximum Gasteiger partial charge on any atom is 0.475 e. The number of rotatable bonds is 5. The number of para-hydroxylation sites is 1. The molecule has 8 heteroatoms. The van der Waals surface area contributed by atoms with E-state index in [1.165, 1.54) is 0 Å². The summed E-state index contributed by atoms with van der Waals surface area (Å²) in [6.07, 6.45) is 4.49. The van der Waals surface area contributed by atoms with E-state index in [2.05, 4.69) is 5.32 Å². The molecule has 2 aliphatic rings. The molecule has 0 spiro atoms. The summed E-state index contributed by atoms with van der Waals surface area (Å²) in [6.45, 7) is 0. The second-order valence-electron chi connectivity index (χ2n) is 6.83. The second kappa shape index (κ2) is 6.65.